The molecule has 8 heteroatoms. The van der Waals surface area contributed by atoms with Gasteiger partial charge in [0.1, 0.15) is 6.04 Å². The molecule has 0 aromatic rings. The predicted octanol–water partition coefficient (Wildman–Crippen LogP) is 0.836. The van der Waals surface area contributed by atoms with E-state index in [1.54, 1.807) is 0 Å². The zero-order chi connectivity index (χ0) is 12.1. The van der Waals surface area contributed by atoms with Crippen molar-refractivity contribution in [1.29, 1.82) is 0 Å². The van der Waals surface area contributed by atoms with E-state index < -0.39 is 30.9 Å². The van der Waals surface area contributed by atoms with Gasteiger partial charge in [0, 0.05) is 0 Å². The second-order valence-electron chi connectivity index (χ2n) is 2.58. The first kappa shape index (κ1) is 13.5. The summed E-state index contributed by atoms with van der Waals surface area (Å²) in [6.45, 7) is -0.451. The van der Waals surface area contributed by atoms with E-state index in [0.29, 0.717) is 0 Å². The van der Waals surface area contributed by atoms with Crippen molar-refractivity contribution >= 4 is 12.1 Å². The SMILES string of the molecule is COC(=O)C(C)NC(=O)OCC(F)(F)F. The predicted molar refractivity (Wildman–Crippen MR) is 42.0 cm³/mol. The third-order valence-corrected chi connectivity index (χ3v) is 1.26. The van der Waals surface area contributed by atoms with Gasteiger partial charge in [-0.15, -0.1) is 0 Å². The number of rotatable bonds is 3. The van der Waals surface area contributed by atoms with Crippen molar-refractivity contribution in [1.82, 2.24) is 5.32 Å². The van der Waals surface area contributed by atoms with Crippen molar-refractivity contribution in [2.24, 2.45) is 0 Å². The molecule has 0 radical (unpaired) electrons. The molecule has 0 rings (SSSR count). The van der Waals surface area contributed by atoms with Crippen molar-refractivity contribution < 1.29 is 32.2 Å². The van der Waals surface area contributed by atoms with Crippen LogP contribution in [0.5, 0.6) is 0 Å². The Balaban J connectivity index is 3.89. The molecule has 1 atom stereocenters. The molecule has 0 saturated heterocycles. The van der Waals surface area contributed by atoms with Crippen molar-refractivity contribution in [3.8, 4) is 0 Å². The number of alkyl halides is 3. The van der Waals surface area contributed by atoms with Crippen molar-refractivity contribution in [3.05, 3.63) is 0 Å². The summed E-state index contributed by atoms with van der Waals surface area (Å²) >= 11 is 0. The smallest absolute Gasteiger partial charge is 0.422 e. The number of nitrogens with one attached hydrogen (secondary N) is 1. The van der Waals surface area contributed by atoms with Crippen LogP contribution in [0.4, 0.5) is 18.0 Å². The maximum absolute atomic E-state index is 11.6. The van der Waals surface area contributed by atoms with Crippen LogP contribution in [0.25, 0.3) is 0 Å². The number of carbonyl (C=O) groups is 2. The number of alkyl carbamates (subject to hydrolysis) is 1. The third kappa shape index (κ3) is 6.58. The summed E-state index contributed by atoms with van der Waals surface area (Å²) in [6, 6.07) is -1.06. The average Bonchev–Trinajstić information content (AvgIpc) is 2.12. The maximum Gasteiger partial charge on any atom is 0.422 e. The summed E-state index contributed by atoms with van der Waals surface area (Å²) in [5, 5.41) is 1.87. The summed E-state index contributed by atoms with van der Waals surface area (Å²) < 4.78 is 42.8. The van der Waals surface area contributed by atoms with Crippen LogP contribution in [0.3, 0.4) is 0 Å². The minimum Gasteiger partial charge on any atom is -0.467 e. The number of amides is 1. The fraction of sp³-hybridized carbons (Fsp3) is 0.714. The number of carbonyl (C=O) groups excluding carboxylic acids is 2. The van der Waals surface area contributed by atoms with E-state index in [1.807, 2.05) is 5.32 Å². The van der Waals surface area contributed by atoms with Gasteiger partial charge in [-0.05, 0) is 6.92 Å². The van der Waals surface area contributed by atoms with Crippen LogP contribution in [0.15, 0.2) is 0 Å². The van der Waals surface area contributed by atoms with Gasteiger partial charge >= 0.3 is 18.2 Å². The Hall–Kier alpha value is -1.47. The maximum atomic E-state index is 11.6. The molecule has 0 spiro atoms. The highest BCUT2D eigenvalue weighted by molar-refractivity contribution is 5.80. The molecule has 0 aromatic carbocycles. The molecule has 0 aromatic heterocycles. The Bertz CT molecular complexity index is 241. The van der Waals surface area contributed by atoms with E-state index in [4.69, 9.17) is 0 Å². The highest BCUT2D eigenvalue weighted by Gasteiger charge is 2.30. The first-order valence-electron chi connectivity index (χ1n) is 3.84. The minimum atomic E-state index is -4.59. The number of ether oxygens (including phenoxy) is 2. The van der Waals surface area contributed by atoms with E-state index >= 15 is 0 Å². The van der Waals surface area contributed by atoms with Crippen LogP contribution in [-0.2, 0) is 14.3 Å². The number of esters is 1. The zero-order valence-corrected chi connectivity index (χ0v) is 8.05. The van der Waals surface area contributed by atoms with Crippen molar-refractivity contribution in [2.45, 2.75) is 19.1 Å². The van der Waals surface area contributed by atoms with Crippen LogP contribution in [0, 0.1) is 0 Å². The topological polar surface area (TPSA) is 64.6 Å². The third-order valence-electron chi connectivity index (χ3n) is 1.26. The summed E-state index contributed by atoms with van der Waals surface area (Å²) in [5.41, 5.74) is 0. The Kier molecular flexibility index (Phi) is 4.89. The quantitative estimate of drug-likeness (QED) is 0.728. The van der Waals surface area contributed by atoms with Crippen LogP contribution in [0.1, 0.15) is 6.92 Å². The molecule has 0 saturated carbocycles. The van der Waals surface area contributed by atoms with E-state index in [-0.39, 0.29) is 0 Å². The molecule has 5 nitrogen and oxygen atoms in total. The Morgan fingerprint density at radius 2 is 1.93 bits per heavy atom. The number of hydrogen-bond acceptors (Lipinski definition) is 4. The van der Waals surface area contributed by atoms with Gasteiger partial charge in [0.25, 0.3) is 0 Å². The zero-order valence-electron chi connectivity index (χ0n) is 8.05. The molecule has 0 heterocycles. The standard InChI is InChI=1S/C7H10F3NO4/c1-4(5(12)14-2)11-6(13)15-3-7(8,9)10/h4H,3H2,1-2H3,(H,11,13). The molecule has 0 aliphatic carbocycles. The largest absolute Gasteiger partial charge is 0.467 e. The number of methoxy groups -OCH3 is 1. The van der Waals surface area contributed by atoms with Crippen molar-refractivity contribution in [2.75, 3.05) is 13.7 Å². The Morgan fingerprint density at radius 3 is 2.33 bits per heavy atom. The molecule has 1 unspecified atom stereocenters. The van der Waals surface area contributed by atoms with Gasteiger partial charge < -0.3 is 14.8 Å². The molecule has 1 N–H and O–H groups in total. The summed E-state index contributed by atoms with van der Waals surface area (Å²) in [7, 11) is 1.08. The van der Waals surface area contributed by atoms with Gasteiger partial charge in [-0.2, -0.15) is 13.2 Å². The van der Waals surface area contributed by atoms with Gasteiger partial charge in [0.15, 0.2) is 6.61 Å². The highest BCUT2D eigenvalue weighted by Crippen LogP contribution is 2.14. The number of hydrogen-bond donors (Lipinski definition) is 1. The lowest BCUT2D eigenvalue weighted by molar-refractivity contribution is -0.160. The summed E-state index contributed by atoms with van der Waals surface area (Å²) in [5.74, 6) is -0.779. The lowest BCUT2D eigenvalue weighted by Gasteiger charge is -2.12. The molecular weight excluding hydrogens is 219 g/mol. The summed E-state index contributed by atoms with van der Waals surface area (Å²) in [6.07, 6.45) is -5.92. The highest BCUT2D eigenvalue weighted by atomic mass is 19.4. The average molecular weight is 229 g/mol. The van der Waals surface area contributed by atoms with Gasteiger partial charge in [-0.3, -0.25) is 0 Å². The van der Waals surface area contributed by atoms with E-state index in [9.17, 15) is 22.8 Å². The minimum absolute atomic E-state index is 0.779. The van der Waals surface area contributed by atoms with Gasteiger partial charge in [0.05, 0.1) is 7.11 Å². The molecule has 0 bridgehead atoms. The van der Waals surface area contributed by atoms with Gasteiger partial charge in [-0.1, -0.05) is 0 Å². The second kappa shape index (κ2) is 5.42. The lowest BCUT2D eigenvalue weighted by Crippen LogP contribution is -2.40. The molecular formula is C7H10F3NO4. The van der Waals surface area contributed by atoms with Crippen LogP contribution < -0.4 is 5.32 Å². The monoisotopic (exact) mass is 229 g/mol. The molecule has 1 amide bonds. The molecule has 0 aliphatic rings. The fourth-order valence-corrected chi connectivity index (χ4v) is 0.602. The first-order chi connectivity index (χ1) is 6.76. The lowest BCUT2D eigenvalue weighted by atomic mass is 10.3. The normalized spacial score (nSPS) is 12.9. The fourth-order valence-electron chi connectivity index (χ4n) is 0.602. The number of halogens is 3. The van der Waals surface area contributed by atoms with E-state index in [1.165, 1.54) is 6.92 Å². The van der Waals surface area contributed by atoms with Crippen LogP contribution in [-0.4, -0.2) is 38.0 Å². The van der Waals surface area contributed by atoms with E-state index in [2.05, 4.69) is 9.47 Å². The van der Waals surface area contributed by atoms with Gasteiger partial charge in [0.2, 0.25) is 0 Å². The molecule has 0 aliphatic heterocycles. The van der Waals surface area contributed by atoms with Crippen LogP contribution >= 0.6 is 0 Å². The van der Waals surface area contributed by atoms with Gasteiger partial charge in [-0.25, -0.2) is 9.59 Å². The van der Waals surface area contributed by atoms with E-state index in [0.717, 1.165) is 7.11 Å². The molecule has 88 valence electrons. The Morgan fingerprint density at radius 1 is 1.40 bits per heavy atom. The first-order valence-corrected chi connectivity index (χ1v) is 3.84. The summed E-state index contributed by atoms with van der Waals surface area (Å²) in [4.78, 5) is 21.4. The molecule has 15 heavy (non-hydrogen) atoms. The second-order valence-corrected chi connectivity index (χ2v) is 2.58. The van der Waals surface area contributed by atoms with Crippen LogP contribution in [0.2, 0.25) is 0 Å². The molecule has 0 fully saturated rings. The Labute approximate surface area is 83.5 Å². The van der Waals surface area contributed by atoms with Crippen molar-refractivity contribution in [3.63, 3.8) is 0 Å².